The van der Waals surface area contributed by atoms with Gasteiger partial charge in [0.2, 0.25) is 0 Å². The molecule has 2 aromatic carbocycles. The first-order valence-corrected chi connectivity index (χ1v) is 12.3. The van der Waals surface area contributed by atoms with Gasteiger partial charge in [-0.15, -0.1) is 0 Å². The van der Waals surface area contributed by atoms with Crippen LogP contribution in [0.5, 0.6) is 5.75 Å². The zero-order valence-corrected chi connectivity index (χ0v) is 20.7. The maximum atomic E-state index is 12.9. The average molecular weight is 465 g/mol. The zero-order valence-electron chi connectivity index (χ0n) is 20.7. The second kappa shape index (κ2) is 10.6. The van der Waals surface area contributed by atoms with Crippen molar-refractivity contribution >= 4 is 16.9 Å². The van der Waals surface area contributed by atoms with Crippen molar-refractivity contribution in [1.29, 1.82) is 0 Å². The Morgan fingerprint density at radius 1 is 1.15 bits per heavy atom. The number of carbonyl (C=O) groups excluding carboxylic acids is 1. The van der Waals surface area contributed by atoms with Crippen LogP contribution in [0.25, 0.3) is 16.6 Å². The van der Waals surface area contributed by atoms with Crippen molar-refractivity contribution in [2.75, 3.05) is 26.3 Å². The van der Waals surface area contributed by atoms with E-state index in [1.807, 2.05) is 32.0 Å². The van der Waals surface area contributed by atoms with Gasteiger partial charge in [-0.3, -0.25) is 4.90 Å². The number of aryl methyl sites for hydroxylation is 1. The Bertz CT molecular complexity index is 1140. The number of aliphatic hydroxyl groups is 1. The predicted molar refractivity (Wildman–Crippen MR) is 135 cm³/mol. The van der Waals surface area contributed by atoms with Crippen LogP contribution in [0.1, 0.15) is 54.7 Å². The SMILES string of the molecule is CCOC(=O)c1c(C)n(-c2ccc(C)cc2)c2ccc(OC[C@@H](O)CN3CCCC[C@H]3C)cc12. The molecule has 1 fully saturated rings. The topological polar surface area (TPSA) is 63.9 Å². The van der Waals surface area contributed by atoms with E-state index < -0.39 is 6.10 Å². The summed E-state index contributed by atoms with van der Waals surface area (Å²) in [5, 5.41) is 11.4. The van der Waals surface area contributed by atoms with Crippen molar-refractivity contribution in [1.82, 2.24) is 9.47 Å². The van der Waals surface area contributed by atoms with E-state index in [0.29, 0.717) is 30.5 Å². The first-order valence-electron chi connectivity index (χ1n) is 12.3. The summed E-state index contributed by atoms with van der Waals surface area (Å²) in [6, 6.07) is 14.5. The van der Waals surface area contributed by atoms with Crippen LogP contribution in [-0.2, 0) is 4.74 Å². The molecular formula is C28H36N2O4. The number of benzene rings is 2. The highest BCUT2D eigenvalue weighted by molar-refractivity contribution is 6.07. The lowest BCUT2D eigenvalue weighted by atomic mass is 10.0. The number of β-amino-alcohol motifs (C(OH)–C–C–N with tert-alkyl or cyclic N) is 1. The lowest BCUT2D eigenvalue weighted by molar-refractivity contribution is 0.0438. The van der Waals surface area contributed by atoms with Gasteiger partial charge in [0.25, 0.3) is 0 Å². The van der Waals surface area contributed by atoms with Crippen LogP contribution in [0.15, 0.2) is 42.5 Å². The van der Waals surface area contributed by atoms with Gasteiger partial charge in [-0.1, -0.05) is 24.1 Å². The van der Waals surface area contributed by atoms with Crippen molar-refractivity contribution in [2.45, 2.75) is 59.1 Å². The summed E-state index contributed by atoms with van der Waals surface area (Å²) in [7, 11) is 0. The van der Waals surface area contributed by atoms with Crippen molar-refractivity contribution in [3.8, 4) is 11.4 Å². The number of carbonyl (C=O) groups is 1. The maximum absolute atomic E-state index is 12.9. The molecule has 0 amide bonds. The number of nitrogens with zero attached hydrogens (tertiary/aromatic N) is 2. The molecular weight excluding hydrogens is 428 g/mol. The highest BCUT2D eigenvalue weighted by Gasteiger charge is 2.23. The van der Waals surface area contributed by atoms with Gasteiger partial charge >= 0.3 is 5.97 Å². The lowest BCUT2D eigenvalue weighted by Crippen LogP contribution is -2.43. The Morgan fingerprint density at radius 3 is 2.62 bits per heavy atom. The number of aliphatic hydroxyl groups excluding tert-OH is 1. The van der Waals surface area contributed by atoms with Crippen molar-refractivity contribution in [2.24, 2.45) is 0 Å². The van der Waals surface area contributed by atoms with Crippen molar-refractivity contribution in [3.63, 3.8) is 0 Å². The summed E-state index contributed by atoms with van der Waals surface area (Å²) in [4.78, 5) is 15.2. The van der Waals surface area contributed by atoms with E-state index in [0.717, 1.165) is 28.8 Å². The first kappa shape index (κ1) is 24.3. The number of fused-ring (bicyclic) bond motifs is 1. The van der Waals surface area contributed by atoms with E-state index in [1.165, 1.54) is 24.8 Å². The summed E-state index contributed by atoms with van der Waals surface area (Å²) in [5.74, 6) is 0.289. The van der Waals surface area contributed by atoms with E-state index in [9.17, 15) is 9.90 Å². The van der Waals surface area contributed by atoms with Gasteiger partial charge in [0.05, 0.1) is 17.7 Å². The number of ether oxygens (including phenoxy) is 2. The number of aromatic nitrogens is 1. The highest BCUT2D eigenvalue weighted by Crippen LogP contribution is 2.33. The molecule has 0 unspecified atom stereocenters. The summed E-state index contributed by atoms with van der Waals surface area (Å²) < 4.78 is 13.4. The molecule has 3 aromatic rings. The fourth-order valence-electron chi connectivity index (χ4n) is 4.92. The van der Waals surface area contributed by atoms with E-state index in [4.69, 9.17) is 9.47 Å². The molecule has 1 aromatic heterocycles. The normalized spacial score (nSPS) is 17.6. The van der Waals surface area contributed by atoms with Crippen LogP contribution in [-0.4, -0.2) is 59.0 Å². The van der Waals surface area contributed by atoms with Gasteiger partial charge in [0.15, 0.2) is 0 Å². The molecule has 1 saturated heterocycles. The third-order valence-corrected chi connectivity index (χ3v) is 6.78. The lowest BCUT2D eigenvalue weighted by Gasteiger charge is -2.34. The van der Waals surface area contributed by atoms with Crippen LogP contribution in [0.4, 0.5) is 0 Å². The molecule has 1 aliphatic heterocycles. The Morgan fingerprint density at radius 2 is 1.91 bits per heavy atom. The molecule has 0 radical (unpaired) electrons. The van der Waals surface area contributed by atoms with Gasteiger partial charge < -0.3 is 19.1 Å². The molecule has 34 heavy (non-hydrogen) atoms. The van der Waals surface area contributed by atoms with E-state index in [1.54, 1.807) is 0 Å². The van der Waals surface area contributed by atoms with Gasteiger partial charge in [0.1, 0.15) is 18.5 Å². The van der Waals surface area contributed by atoms with Crippen LogP contribution in [0.2, 0.25) is 0 Å². The molecule has 1 aliphatic rings. The Balaban J connectivity index is 1.60. The minimum Gasteiger partial charge on any atom is -0.491 e. The van der Waals surface area contributed by atoms with Crippen LogP contribution in [0, 0.1) is 13.8 Å². The molecule has 0 bridgehead atoms. The van der Waals surface area contributed by atoms with Gasteiger partial charge in [-0.2, -0.15) is 0 Å². The third kappa shape index (κ3) is 5.13. The quantitative estimate of drug-likeness (QED) is 0.473. The van der Waals surface area contributed by atoms with Gasteiger partial charge in [-0.05, 0) is 77.4 Å². The fraction of sp³-hybridized carbons (Fsp3) is 0.464. The number of hydrogen-bond acceptors (Lipinski definition) is 5. The largest absolute Gasteiger partial charge is 0.491 e. The summed E-state index contributed by atoms with van der Waals surface area (Å²) in [5.41, 5.74) is 4.46. The Labute approximate surface area is 202 Å². The Hall–Kier alpha value is -2.83. The smallest absolute Gasteiger partial charge is 0.340 e. The maximum Gasteiger partial charge on any atom is 0.340 e. The molecule has 2 atom stereocenters. The monoisotopic (exact) mass is 464 g/mol. The van der Waals surface area contributed by atoms with Crippen LogP contribution >= 0.6 is 0 Å². The standard InChI is InChI=1S/C28H36N2O4/c1-5-33-28(32)27-21(4)30(22-11-9-19(2)10-12-22)26-14-13-24(16-25(26)27)34-18-23(31)17-29-15-7-6-8-20(29)3/h9-14,16,20,23,31H,5-8,15,17-18H2,1-4H3/t20-,23+/m1/s1. The van der Waals surface area contributed by atoms with Crippen molar-refractivity contribution < 1.29 is 19.4 Å². The molecule has 6 nitrogen and oxygen atoms in total. The molecule has 1 N–H and O–H groups in total. The van der Waals surface area contributed by atoms with Crippen LogP contribution < -0.4 is 4.74 Å². The minimum absolute atomic E-state index is 0.209. The van der Waals surface area contributed by atoms with Gasteiger partial charge in [0, 0.05) is 29.4 Å². The zero-order chi connectivity index (χ0) is 24.2. The third-order valence-electron chi connectivity index (χ3n) is 6.78. The molecule has 4 rings (SSSR count). The average Bonchev–Trinajstić information content (AvgIpc) is 3.11. The number of hydrogen-bond donors (Lipinski definition) is 1. The number of likely N-dealkylation sites (tertiary alicyclic amines) is 1. The number of rotatable bonds is 8. The highest BCUT2D eigenvalue weighted by atomic mass is 16.5. The molecule has 2 heterocycles. The number of piperidine rings is 1. The van der Waals surface area contributed by atoms with E-state index >= 15 is 0 Å². The molecule has 0 spiro atoms. The Kier molecular flexibility index (Phi) is 7.59. The predicted octanol–water partition coefficient (Wildman–Crippen LogP) is 5.04. The second-order valence-corrected chi connectivity index (χ2v) is 9.34. The molecule has 182 valence electrons. The summed E-state index contributed by atoms with van der Waals surface area (Å²) >= 11 is 0. The molecule has 6 heteroatoms. The summed E-state index contributed by atoms with van der Waals surface area (Å²) in [6.45, 7) is 10.2. The van der Waals surface area contributed by atoms with Crippen molar-refractivity contribution in [3.05, 3.63) is 59.3 Å². The molecule has 0 aliphatic carbocycles. The second-order valence-electron chi connectivity index (χ2n) is 9.34. The minimum atomic E-state index is -0.570. The number of esters is 1. The van der Waals surface area contributed by atoms with E-state index in [-0.39, 0.29) is 12.6 Å². The van der Waals surface area contributed by atoms with E-state index in [2.05, 4.69) is 47.6 Å². The first-order chi connectivity index (χ1) is 16.4. The van der Waals surface area contributed by atoms with Gasteiger partial charge in [-0.25, -0.2) is 4.79 Å². The fourth-order valence-corrected chi connectivity index (χ4v) is 4.92. The molecule has 0 saturated carbocycles. The summed E-state index contributed by atoms with van der Waals surface area (Å²) in [6.07, 6.45) is 3.05. The van der Waals surface area contributed by atoms with Crippen LogP contribution in [0.3, 0.4) is 0 Å².